The number of carbonyl (C=O) groups is 1. The molecule has 6 nitrogen and oxygen atoms in total. The Bertz CT molecular complexity index is 608. The van der Waals surface area contributed by atoms with Crippen LogP contribution in [0.5, 0.6) is 5.75 Å². The molecule has 1 spiro atoms. The van der Waals surface area contributed by atoms with Gasteiger partial charge in [0, 0.05) is 26.1 Å². The maximum Gasteiger partial charge on any atom is 0.311 e. The minimum absolute atomic E-state index is 0.00978. The van der Waals surface area contributed by atoms with Crippen molar-refractivity contribution in [3.8, 4) is 5.75 Å². The lowest BCUT2D eigenvalue weighted by molar-refractivity contribution is -0.385. The molecule has 112 valence electrons. The third-order valence-corrected chi connectivity index (χ3v) is 4.75. The summed E-state index contributed by atoms with van der Waals surface area (Å²) in [6.45, 7) is 0.806. The van der Waals surface area contributed by atoms with Gasteiger partial charge in [-0.2, -0.15) is 0 Å². The highest BCUT2D eigenvalue weighted by atomic mass is 16.6. The fourth-order valence-electron chi connectivity index (χ4n) is 3.70. The summed E-state index contributed by atoms with van der Waals surface area (Å²) < 4.78 is 5.02. The van der Waals surface area contributed by atoms with Crippen molar-refractivity contribution < 1.29 is 14.5 Å². The first kappa shape index (κ1) is 13.9. The van der Waals surface area contributed by atoms with E-state index in [1.807, 2.05) is 13.1 Å². The maximum atomic E-state index is 11.7. The van der Waals surface area contributed by atoms with Gasteiger partial charge in [0.25, 0.3) is 0 Å². The van der Waals surface area contributed by atoms with E-state index in [-0.39, 0.29) is 22.8 Å². The van der Waals surface area contributed by atoms with Crippen molar-refractivity contribution in [1.29, 1.82) is 0 Å². The van der Waals surface area contributed by atoms with Gasteiger partial charge >= 0.3 is 5.69 Å². The Labute approximate surface area is 122 Å². The molecule has 3 rings (SSSR count). The van der Waals surface area contributed by atoms with Crippen molar-refractivity contribution in [2.75, 3.05) is 20.7 Å². The van der Waals surface area contributed by atoms with E-state index in [2.05, 4.69) is 0 Å². The monoisotopic (exact) mass is 290 g/mol. The van der Waals surface area contributed by atoms with Crippen molar-refractivity contribution in [1.82, 2.24) is 4.90 Å². The van der Waals surface area contributed by atoms with E-state index in [4.69, 9.17) is 4.74 Å². The van der Waals surface area contributed by atoms with Crippen LogP contribution in [0.15, 0.2) is 18.2 Å². The van der Waals surface area contributed by atoms with Crippen LogP contribution in [0.25, 0.3) is 0 Å². The molecule has 1 saturated carbocycles. The quantitative estimate of drug-likeness (QED) is 0.632. The molecule has 2 fully saturated rings. The Hall–Kier alpha value is -2.11. The predicted octanol–water partition coefficient (Wildman–Crippen LogP) is 2.33. The van der Waals surface area contributed by atoms with E-state index in [1.54, 1.807) is 17.0 Å². The van der Waals surface area contributed by atoms with Crippen LogP contribution < -0.4 is 4.74 Å². The summed E-state index contributed by atoms with van der Waals surface area (Å²) in [6, 6.07) is 5.16. The van der Waals surface area contributed by atoms with Gasteiger partial charge in [-0.25, -0.2) is 0 Å². The number of hydrogen-bond acceptors (Lipinski definition) is 4. The molecule has 1 aromatic rings. The van der Waals surface area contributed by atoms with E-state index < -0.39 is 4.92 Å². The lowest BCUT2D eigenvalue weighted by Gasteiger charge is -2.44. The fourth-order valence-corrected chi connectivity index (χ4v) is 3.70. The summed E-state index contributed by atoms with van der Waals surface area (Å²) in [5, 5.41) is 11.1. The van der Waals surface area contributed by atoms with Crippen LogP contribution >= 0.6 is 0 Å². The van der Waals surface area contributed by atoms with E-state index in [0.29, 0.717) is 12.3 Å². The minimum atomic E-state index is -0.413. The van der Waals surface area contributed by atoms with Crippen molar-refractivity contribution in [3.63, 3.8) is 0 Å². The first-order valence-electron chi connectivity index (χ1n) is 7.00. The molecular weight excluding hydrogens is 272 g/mol. The van der Waals surface area contributed by atoms with E-state index in [9.17, 15) is 14.9 Å². The number of methoxy groups -OCH3 is 1. The van der Waals surface area contributed by atoms with Crippen LogP contribution in [-0.4, -0.2) is 36.4 Å². The van der Waals surface area contributed by atoms with Gasteiger partial charge in [-0.05, 0) is 35.8 Å². The summed E-state index contributed by atoms with van der Waals surface area (Å²) in [5.41, 5.74) is 1.07. The Morgan fingerprint density at radius 1 is 1.43 bits per heavy atom. The van der Waals surface area contributed by atoms with Crippen molar-refractivity contribution in [2.45, 2.75) is 25.2 Å². The van der Waals surface area contributed by atoms with E-state index in [1.165, 1.54) is 7.11 Å². The molecule has 1 aliphatic carbocycles. The predicted molar refractivity (Wildman–Crippen MR) is 76.3 cm³/mol. The van der Waals surface area contributed by atoms with Gasteiger partial charge in [0.05, 0.1) is 12.0 Å². The van der Waals surface area contributed by atoms with Gasteiger partial charge in [-0.15, -0.1) is 0 Å². The molecule has 0 aromatic heterocycles. The largest absolute Gasteiger partial charge is 0.490 e. The van der Waals surface area contributed by atoms with Crippen LogP contribution in [-0.2, 0) is 4.79 Å². The second-order valence-corrected chi connectivity index (χ2v) is 6.22. The van der Waals surface area contributed by atoms with Crippen molar-refractivity contribution in [2.24, 2.45) is 5.41 Å². The molecular formula is C15H18N2O4. The second kappa shape index (κ2) is 4.72. The molecule has 0 bridgehead atoms. The first-order chi connectivity index (χ1) is 9.94. The maximum absolute atomic E-state index is 11.7. The van der Waals surface area contributed by atoms with E-state index >= 15 is 0 Å². The number of hydrogen-bond donors (Lipinski definition) is 0. The van der Waals surface area contributed by atoms with Gasteiger partial charge in [0.1, 0.15) is 0 Å². The molecule has 2 aliphatic rings. The van der Waals surface area contributed by atoms with Crippen molar-refractivity contribution in [3.05, 3.63) is 33.9 Å². The minimum Gasteiger partial charge on any atom is -0.490 e. The summed E-state index contributed by atoms with van der Waals surface area (Å²) in [4.78, 5) is 24.1. The Morgan fingerprint density at radius 3 is 2.67 bits per heavy atom. The first-order valence-corrected chi connectivity index (χ1v) is 7.00. The number of amides is 1. The zero-order chi connectivity index (χ0) is 15.2. The molecule has 0 atom stereocenters. The third-order valence-electron chi connectivity index (χ3n) is 4.75. The number of nitro benzene ring substituents is 1. The molecule has 1 saturated heterocycles. The van der Waals surface area contributed by atoms with Gasteiger partial charge in [-0.1, -0.05) is 6.07 Å². The average Bonchev–Trinajstić information content (AvgIpc) is 2.72. The van der Waals surface area contributed by atoms with E-state index in [0.717, 1.165) is 24.9 Å². The van der Waals surface area contributed by atoms with Crippen LogP contribution in [0, 0.1) is 15.5 Å². The van der Waals surface area contributed by atoms with Crippen LogP contribution in [0.2, 0.25) is 0 Å². The normalized spacial score (nSPS) is 27.8. The van der Waals surface area contributed by atoms with Gasteiger partial charge in [0.2, 0.25) is 5.91 Å². The second-order valence-electron chi connectivity index (χ2n) is 6.22. The highest BCUT2D eigenvalue weighted by Crippen LogP contribution is 2.56. The summed E-state index contributed by atoms with van der Waals surface area (Å²) in [5.74, 6) is 0.789. The number of benzene rings is 1. The average molecular weight is 290 g/mol. The van der Waals surface area contributed by atoms with Gasteiger partial charge in [0.15, 0.2) is 5.75 Å². The molecule has 6 heteroatoms. The zero-order valence-electron chi connectivity index (χ0n) is 12.2. The number of rotatable bonds is 3. The fraction of sp³-hybridized carbons (Fsp3) is 0.533. The molecule has 1 amide bonds. The zero-order valence-corrected chi connectivity index (χ0v) is 12.2. The number of nitro groups is 1. The Morgan fingerprint density at radius 2 is 2.14 bits per heavy atom. The van der Waals surface area contributed by atoms with Crippen LogP contribution in [0.3, 0.4) is 0 Å². The highest BCUT2D eigenvalue weighted by Gasteiger charge is 2.51. The molecule has 1 aliphatic heterocycles. The Kier molecular flexibility index (Phi) is 3.11. The molecule has 1 aromatic carbocycles. The Balaban J connectivity index is 1.77. The number of carbonyl (C=O) groups excluding carboxylic acids is 1. The molecule has 21 heavy (non-hydrogen) atoms. The highest BCUT2D eigenvalue weighted by molar-refractivity contribution is 5.79. The lowest BCUT2D eigenvalue weighted by Crippen LogP contribution is -2.37. The van der Waals surface area contributed by atoms with Crippen LogP contribution in [0.1, 0.15) is 30.7 Å². The standard InChI is InChI=1S/C15H18N2O4/c1-16-9-15(8-14(16)18)6-11(7-15)10-3-4-13(21-2)12(5-10)17(19)20/h3-5,11H,6-9H2,1-2H3. The van der Waals surface area contributed by atoms with Crippen LogP contribution in [0.4, 0.5) is 5.69 Å². The lowest BCUT2D eigenvalue weighted by atomic mass is 9.59. The summed E-state index contributed by atoms with van der Waals surface area (Å²) >= 11 is 0. The number of nitrogens with zero attached hydrogens (tertiary/aromatic N) is 2. The third kappa shape index (κ3) is 2.24. The number of likely N-dealkylation sites (tertiary alicyclic amines) is 1. The molecule has 0 radical (unpaired) electrons. The number of ether oxygens (including phenoxy) is 1. The SMILES string of the molecule is COc1ccc(C2CC3(CC(=O)N(C)C3)C2)cc1[N+](=O)[O-]. The van der Waals surface area contributed by atoms with Gasteiger partial charge in [-0.3, -0.25) is 14.9 Å². The summed E-state index contributed by atoms with van der Waals surface area (Å²) in [7, 11) is 3.27. The van der Waals surface area contributed by atoms with Crippen molar-refractivity contribution >= 4 is 11.6 Å². The molecule has 0 N–H and O–H groups in total. The molecule has 0 unspecified atom stereocenters. The summed E-state index contributed by atoms with van der Waals surface area (Å²) in [6.07, 6.45) is 2.46. The van der Waals surface area contributed by atoms with Gasteiger partial charge < -0.3 is 9.64 Å². The smallest absolute Gasteiger partial charge is 0.311 e. The molecule has 1 heterocycles. The topological polar surface area (TPSA) is 72.7 Å².